The third-order valence-corrected chi connectivity index (χ3v) is 3.95. The van der Waals surface area contributed by atoms with Crippen molar-refractivity contribution < 1.29 is 14.3 Å². The zero-order valence-corrected chi connectivity index (χ0v) is 12.5. The Kier molecular flexibility index (Phi) is 3.44. The van der Waals surface area contributed by atoms with Crippen LogP contribution in [0.3, 0.4) is 0 Å². The van der Waals surface area contributed by atoms with Gasteiger partial charge in [0.2, 0.25) is 5.91 Å². The van der Waals surface area contributed by atoms with Gasteiger partial charge in [0.25, 0.3) is 5.91 Å². The number of nitrogens with one attached hydrogen (secondary N) is 2. The van der Waals surface area contributed by atoms with Crippen LogP contribution in [0.2, 0.25) is 0 Å². The third-order valence-electron chi connectivity index (χ3n) is 3.95. The van der Waals surface area contributed by atoms with Crippen molar-refractivity contribution >= 4 is 22.7 Å². The van der Waals surface area contributed by atoms with Crippen molar-refractivity contribution in [3.63, 3.8) is 0 Å². The number of pyridine rings is 1. The largest absolute Gasteiger partial charge is 0.497 e. The molecule has 1 fully saturated rings. The molecule has 1 aliphatic heterocycles. The Morgan fingerprint density at radius 2 is 2.23 bits per heavy atom. The van der Waals surface area contributed by atoms with Crippen LogP contribution >= 0.6 is 0 Å². The van der Waals surface area contributed by atoms with Gasteiger partial charge in [-0.1, -0.05) is 0 Å². The van der Waals surface area contributed by atoms with Crippen molar-refractivity contribution in [3.05, 3.63) is 36.0 Å². The second kappa shape index (κ2) is 5.29. The number of carbonyl (C=O) groups excluding carboxylic acids is 2. The fraction of sp³-hybridized carbons (Fsp3) is 0.312. The van der Waals surface area contributed by atoms with E-state index in [-0.39, 0.29) is 11.8 Å². The van der Waals surface area contributed by atoms with E-state index in [0.29, 0.717) is 24.3 Å². The van der Waals surface area contributed by atoms with Gasteiger partial charge in [0, 0.05) is 24.2 Å². The van der Waals surface area contributed by atoms with Gasteiger partial charge in [0.15, 0.2) is 0 Å². The van der Waals surface area contributed by atoms with Crippen LogP contribution in [0.15, 0.2) is 30.5 Å². The first-order chi connectivity index (χ1) is 10.5. The van der Waals surface area contributed by atoms with E-state index in [2.05, 4.69) is 15.6 Å². The molecule has 0 bridgehead atoms. The first-order valence-electron chi connectivity index (χ1n) is 7.06. The highest BCUT2D eigenvalue weighted by Crippen LogP contribution is 2.21. The molecule has 0 radical (unpaired) electrons. The van der Waals surface area contributed by atoms with Crippen LogP contribution in [0, 0.1) is 0 Å². The average Bonchev–Trinajstić information content (AvgIpc) is 2.85. The molecule has 0 spiro atoms. The third kappa shape index (κ3) is 2.47. The Labute approximate surface area is 127 Å². The number of methoxy groups -OCH3 is 1. The van der Waals surface area contributed by atoms with Crippen LogP contribution in [0.4, 0.5) is 0 Å². The molecule has 6 nitrogen and oxygen atoms in total. The van der Waals surface area contributed by atoms with Crippen LogP contribution < -0.4 is 15.4 Å². The summed E-state index contributed by atoms with van der Waals surface area (Å²) in [6.07, 6.45) is 2.09. The van der Waals surface area contributed by atoms with Gasteiger partial charge in [-0.15, -0.1) is 0 Å². The molecule has 0 saturated carbocycles. The number of carbonyl (C=O) groups is 2. The fourth-order valence-corrected chi connectivity index (χ4v) is 2.53. The lowest BCUT2D eigenvalue weighted by Crippen LogP contribution is -2.51. The number of hydrogen-bond donors (Lipinski definition) is 2. The Balaban J connectivity index is 1.86. The van der Waals surface area contributed by atoms with Crippen molar-refractivity contribution in [1.82, 2.24) is 15.6 Å². The minimum Gasteiger partial charge on any atom is -0.497 e. The van der Waals surface area contributed by atoms with E-state index in [1.165, 1.54) is 6.20 Å². The van der Waals surface area contributed by atoms with Gasteiger partial charge in [0.05, 0.1) is 18.2 Å². The Morgan fingerprint density at radius 1 is 1.41 bits per heavy atom. The normalized spacial score (nSPS) is 20.7. The van der Waals surface area contributed by atoms with Gasteiger partial charge >= 0.3 is 0 Å². The molecule has 1 aromatic heterocycles. The van der Waals surface area contributed by atoms with Crippen molar-refractivity contribution in [1.29, 1.82) is 0 Å². The average molecular weight is 299 g/mol. The van der Waals surface area contributed by atoms with Crippen molar-refractivity contribution in [2.45, 2.75) is 18.9 Å². The summed E-state index contributed by atoms with van der Waals surface area (Å²) in [6, 6.07) is 7.23. The molecule has 2 N–H and O–H groups in total. The van der Waals surface area contributed by atoms with E-state index >= 15 is 0 Å². The van der Waals surface area contributed by atoms with Crippen molar-refractivity contribution in [2.24, 2.45) is 0 Å². The molecular weight excluding hydrogens is 282 g/mol. The lowest BCUT2D eigenvalue weighted by atomic mass is 10.00. The molecule has 2 heterocycles. The van der Waals surface area contributed by atoms with Crippen LogP contribution in [0.25, 0.3) is 10.9 Å². The van der Waals surface area contributed by atoms with Crippen LogP contribution in [-0.4, -0.2) is 36.0 Å². The lowest BCUT2D eigenvalue weighted by Gasteiger charge is -2.22. The van der Waals surface area contributed by atoms with Gasteiger partial charge in [-0.3, -0.25) is 14.6 Å². The summed E-state index contributed by atoms with van der Waals surface area (Å²) in [5.74, 6) is 0.261. The highest BCUT2D eigenvalue weighted by atomic mass is 16.5. The summed E-state index contributed by atoms with van der Waals surface area (Å²) >= 11 is 0. The SMILES string of the molecule is COc1ccc2cc(C(=O)NC3(C)CCNC3=O)cnc2c1. The lowest BCUT2D eigenvalue weighted by molar-refractivity contribution is -0.123. The van der Waals surface area contributed by atoms with Gasteiger partial charge in [-0.05, 0) is 31.5 Å². The molecule has 2 aromatic rings. The van der Waals surface area contributed by atoms with Crippen LogP contribution in [0.5, 0.6) is 5.75 Å². The van der Waals surface area contributed by atoms with E-state index in [0.717, 1.165) is 10.9 Å². The zero-order chi connectivity index (χ0) is 15.7. The summed E-state index contributed by atoms with van der Waals surface area (Å²) in [5.41, 5.74) is 0.325. The maximum atomic E-state index is 12.4. The van der Waals surface area contributed by atoms with Gasteiger partial charge in [-0.25, -0.2) is 0 Å². The Morgan fingerprint density at radius 3 is 2.91 bits per heavy atom. The number of benzene rings is 1. The first-order valence-corrected chi connectivity index (χ1v) is 7.06. The molecular formula is C16H17N3O3. The van der Waals surface area contributed by atoms with Crippen molar-refractivity contribution in [2.75, 3.05) is 13.7 Å². The number of nitrogens with zero attached hydrogens (tertiary/aromatic N) is 1. The molecule has 114 valence electrons. The number of rotatable bonds is 3. The van der Waals surface area contributed by atoms with Gasteiger partial charge in [-0.2, -0.15) is 0 Å². The number of amides is 2. The summed E-state index contributed by atoms with van der Waals surface area (Å²) in [4.78, 5) is 28.4. The quantitative estimate of drug-likeness (QED) is 0.894. The summed E-state index contributed by atoms with van der Waals surface area (Å²) in [5, 5.41) is 6.36. The molecule has 1 saturated heterocycles. The second-order valence-electron chi connectivity index (χ2n) is 5.57. The molecule has 0 aliphatic carbocycles. The topological polar surface area (TPSA) is 80.3 Å². The maximum absolute atomic E-state index is 12.4. The molecule has 2 amide bonds. The molecule has 22 heavy (non-hydrogen) atoms. The molecule has 1 aliphatic rings. The number of fused-ring (bicyclic) bond motifs is 1. The second-order valence-corrected chi connectivity index (χ2v) is 5.57. The Hall–Kier alpha value is -2.63. The summed E-state index contributed by atoms with van der Waals surface area (Å²) < 4.78 is 5.15. The minimum absolute atomic E-state index is 0.153. The summed E-state index contributed by atoms with van der Waals surface area (Å²) in [6.45, 7) is 2.30. The van der Waals surface area contributed by atoms with E-state index in [1.54, 1.807) is 20.1 Å². The molecule has 1 atom stereocenters. The van der Waals surface area contributed by atoms with E-state index < -0.39 is 5.54 Å². The predicted molar refractivity (Wildman–Crippen MR) is 81.8 cm³/mol. The molecule has 6 heteroatoms. The van der Waals surface area contributed by atoms with Gasteiger partial charge < -0.3 is 15.4 Å². The number of ether oxygens (including phenoxy) is 1. The van der Waals surface area contributed by atoms with Gasteiger partial charge in [0.1, 0.15) is 11.3 Å². The summed E-state index contributed by atoms with van der Waals surface area (Å²) in [7, 11) is 1.59. The number of hydrogen-bond acceptors (Lipinski definition) is 4. The molecule has 3 rings (SSSR count). The monoisotopic (exact) mass is 299 g/mol. The standard InChI is InChI=1S/C16H17N3O3/c1-16(5-6-17-15(16)21)19-14(20)11-7-10-3-4-12(22-2)8-13(10)18-9-11/h3-4,7-9H,5-6H2,1-2H3,(H,17,21)(H,19,20). The predicted octanol–water partition coefficient (Wildman–Crippen LogP) is 1.25. The zero-order valence-electron chi connectivity index (χ0n) is 12.5. The highest BCUT2D eigenvalue weighted by molar-refractivity contribution is 6.01. The Bertz CT molecular complexity index is 759. The minimum atomic E-state index is -0.855. The molecule has 1 aromatic carbocycles. The van der Waals surface area contributed by atoms with Crippen LogP contribution in [-0.2, 0) is 4.79 Å². The first kappa shape index (κ1) is 14.3. The highest BCUT2D eigenvalue weighted by Gasteiger charge is 2.39. The van der Waals surface area contributed by atoms with Crippen molar-refractivity contribution in [3.8, 4) is 5.75 Å². The smallest absolute Gasteiger partial charge is 0.253 e. The van der Waals surface area contributed by atoms with E-state index in [1.807, 2.05) is 18.2 Å². The van der Waals surface area contributed by atoms with E-state index in [4.69, 9.17) is 4.74 Å². The maximum Gasteiger partial charge on any atom is 0.253 e. The van der Waals surface area contributed by atoms with Crippen LogP contribution in [0.1, 0.15) is 23.7 Å². The number of aromatic nitrogens is 1. The van der Waals surface area contributed by atoms with E-state index in [9.17, 15) is 9.59 Å². The molecule has 1 unspecified atom stereocenters. The fourth-order valence-electron chi connectivity index (χ4n) is 2.53.